The van der Waals surface area contributed by atoms with Gasteiger partial charge in [0.25, 0.3) is 0 Å². The van der Waals surface area contributed by atoms with Crippen LogP contribution >= 0.6 is 0 Å². The van der Waals surface area contributed by atoms with E-state index in [2.05, 4.69) is 53.8 Å². The number of benzene rings is 2. The van der Waals surface area contributed by atoms with Gasteiger partial charge in [-0.3, -0.25) is 0 Å². The lowest BCUT2D eigenvalue weighted by atomic mass is 9.99. The molecule has 0 radical (unpaired) electrons. The average Bonchev–Trinajstić information content (AvgIpc) is 3.10. The first-order chi connectivity index (χ1) is 12.6. The number of amides is 2. The minimum atomic E-state index is -0.0343. The van der Waals surface area contributed by atoms with Crippen LogP contribution in [0.1, 0.15) is 23.1 Å². The molecule has 26 heavy (non-hydrogen) atoms. The maximum Gasteiger partial charge on any atom is 0.322 e. The van der Waals surface area contributed by atoms with Crippen LogP contribution in [0.4, 0.5) is 10.5 Å². The van der Waals surface area contributed by atoms with E-state index in [1.54, 1.807) is 0 Å². The number of urea groups is 1. The minimum Gasteiger partial charge on any atom is -0.361 e. The molecule has 0 unspecified atom stereocenters. The summed E-state index contributed by atoms with van der Waals surface area (Å²) in [5.74, 6) is 0. The van der Waals surface area contributed by atoms with E-state index in [0.29, 0.717) is 6.54 Å². The molecule has 0 bridgehead atoms. The Morgan fingerprint density at radius 1 is 1.12 bits per heavy atom. The number of aryl methyl sites for hydroxylation is 1. The molecule has 1 aliphatic heterocycles. The first kappa shape index (κ1) is 16.5. The summed E-state index contributed by atoms with van der Waals surface area (Å²) in [5, 5.41) is 4.29. The number of anilines is 1. The van der Waals surface area contributed by atoms with Gasteiger partial charge in [0.05, 0.1) is 0 Å². The maximum atomic E-state index is 12.6. The SMILES string of the molecule is Cc1cccc(NC(=O)N2CC=C(c3c[nH]c4ccccc34)CC2)c1C. The van der Waals surface area contributed by atoms with E-state index in [9.17, 15) is 4.79 Å². The number of aromatic nitrogens is 1. The molecule has 2 heterocycles. The Morgan fingerprint density at radius 2 is 1.96 bits per heavy atom. The highest BCUT2D eigenvalue weighted by Crippen LogP contribution is 2.29. The summed E-state index contributed by atoms with van der Waals surface area (Å²) in [6.45, 7) is 5.45. The van der Waals surface area contributed by atoms with E-state index in [0.717, 1.165) is 29.7 Å². The van der Waals surface area contributed by atoms with Crippen molar-refractivity contribution < 1.29 is 4.79 Å². The summed E-state index contributed by atoms with van der Waals surface area (Å²) in [7, 11) is 0. The zero-order valence-electron chi connectivity index (χ0n) is 15.2. The van der Waals surface area contributed by atoms with E-state index < -0.39 is 0 Å². The van der Waals surface area contributed by atoms with Crippen LogP contribution in [0, 0.1) is 13.8 Å². The molecule has 132 valence electrons. The van der Waals surface area contributed by atoms with Gasteiger partial charge in [-0.15, -0.1) is 0 Å². The fraction of sp³-hybridized carbons (Fsp3) is 0.227. The number of carbonyl (C=O) groups excluding carboxylic acids is 1. The number of H-pyrrole nitrogens is 1. The number of para-hydroxylation sites is 1. The Morgan fingerprint density at radius 3 is 2.77 bits per heavy atom. The van der Waals surface area contributed by atoms with Crippen LogP contribution in [0.25, 0.3) is 16.5 Å². The van der Waals surface area contributed by atoms with Gasteiger partial charge in [-0.2, -0.15) is 0 Å². The smallest absolute Gasteiger partial charge is 0.322 e. The molecule has 3 aromatic rings. The quantitative estimate of drug-likeness (QED) is 0.666. The number of hydrogen-bond donors (Lipinski definition) is 2. The van der Waals surface area contributed by atoms with Crippen LogP contribution in [0.2, 0.25) is 0 Å². The Hall–Kier alpha value is -3.01. The number of hydrogen-bond acceptors (Lipinski definition) is 1. The first-order valence-electron chi connectivity index (χ1n) is 9.01. The molecule has 0 saturated heterocycles. The van der Waals surface area contributed by atoms with Gasteiger partial charge in [-0.05, 0) is 49.1 Å². The highest BCUT2D eigenvalue weighted by molar-refractivity contribution is 5.94. The van der Waals surface area contributed by atoms with Crippen LogP contribution < -0.4 is 5.32 Å². The van der Waals surface area contributed by atoms with Gasteiger partial charge in [0.1, 0.15) is 0 Å². The molecule has 0 saturated carbocycles. The van der Waals surface area contributed by atoms with E-state index in [1.807, 2.05) is 30.0 Å². The molecule has 1 aliphatic rings. The number of aromatic amines is 1. The van der Waals surface area contributed by atoms with Gasteiger partial charge in [0.2, 0.25) is 0 Å². The summed E-state index contributed by atoms with van der Waals surface area (Å²) in [6, 6.07) is 14.3. The Balaban J connectivity index is 1.48. The standard InChI is InChI=1S/C22H23N3O/c1-15-6-5-9-20(16(15)2)24-22(26)25-12-10-17(11-13-25)19-14-23-21-8-4-3-7-18(19)21/h3-10,14,23H,11-13H2,1-2H3,(H,24,26). The van der Waals surface area contributed by atoms with Gasteiger partial charge in [-0.25, -0.2) is 4.79 Å². The normalized spacial score (nSPS) is 14.4. The predicted octanol–water partition coefficient (Wildman–Crippen LogP) is 5.11. The third kappa shape index (κ3) is 2.99. The topological polar surface area (TPSA) is 48.1 Å². The second-order valence-corrected chi connectivity index (χ2v) is 6.85. The van der Waals surface area contributed by atoms with Crippen molar-refractivity contribution in [3.05, 3.63) is 71.4 Å². The molecule has 4 nitrogen and oxygen atoms in total. The summed E-state index contributed by atoms with van der Waals surface area (Å²) in [6.07, 6.45) is 5.10. The highest BCUT2D eigenvalue weighted by Gasteiger charge is 2.20. The van der Waals surface area contributed by atoms with Crippen LogP contribution in [0.3, 0.4) is 0 Å². The number of carbonyl (C=O) groups is 1. The van der Waals surface area contributed by atoms with Crippen molar-refractivity contribution in [3.8, 4) is 0 Å². The molecule has 4 heteroatoms. The zero-order chi connectivity index (χ0) is 18.1. The summed E-state index contributed by atoms with van der Waals surface area (Å²) in [4.78, 5) is 17.8. The van der Waals surface area contributed by atoms with Gasteiger partial charge < -0.3 is 15.2 Å². The molecule has 2 aromatic carbocycles. The number of nitrogens with one attached hydrogen (secondary N) is 2. The van der Waals surface area contributed by atoms with Crippen molar-refractivity contribution in [2.75, 3.05) is 18.4 Å². The second-order valence-electron chi connectivity index (χ2n) is 6.85. The number of rotatable bonds is 2. The molecule has 1 aromatic heterocycles. The molecular formula is C22H23N3O. The average molecular weight is 345 g/mol. The van der Waals surface area contributed by atoms with Crippen molar-refractivity contribution in [2.45, 2.75) is 20.3 Å². The highest BCUT2D eigenvalue weighted by atomic mass is 16.2. The molecule has 0 aliphatic carbocycles. The lowest BCUT2D eigenvalue weighted by Crippen LogP contribution is -2.38. The van der Waals surface area contributed by atoms with E-state index >= 15 is 0 Å². The fourth-order valence-electron chi connectivity index (χ4n) is 3.52. The first-order valence-corrected chi connectivity index (χ1v) is 9.01. The van der Waals surface area contributed by atoms with E-state index in [-0.39, 0.29) is 6.03 Å². The minimum absolute atomic E-state index is 0.0343. The third-order valence-corrected chi connectivity index (χ3v) is 5.28. The monoisotopic (exact) mass is 345 g/mol. The molecule has 4 rings (SSSR count). The Bertz CT molecular complexity index is 1000. The van der Waals surface area contributed by atoms with Crippen molar-refractivity contribution in [1.29, 1.82) is 0 Å². The molecule has 2 amide bonds. The third-order valence-electron chi connectivity index (χ3n) is 5.28. The maximum absolute atomic E-state index is 12.6. The van der Waals surface area contributed by atoms with Crippen LogP contribution in [0.15, 0.2) is 54.7 Å². The summed E-state index contributed by atoms with van der Waals surface area (Å²) >= 11 is 0. The second kappa shape index (κ2) is 6.71. The molecule has 2 N–H and O–H groups in total. The van der Waals surface area contributed by atoms with Gasteiger partial charge in [-0.1, -0.05) is 36.4 Å². The van der Waals surface area contributed by atoms with Gasteiger partial charge >= 0.3 is 6.03 Å². The van der Waals surface area contributed by atoms with Gasteiger partial charge in [0, 0.05) is 41.4 Å². The van der Waals surface area contributed by atoms with E-state index in [1.165, 1.54) is 22.1 Å². The van der Waals surface area contributed by atoms with Crippen LogP contribution in [-0.4, -0.2) is 29.0 Å². The molecule has 0 spiro atoms. The summed E-state index contributed by atoms with van der Waals surface area (Å²) in [5.41, 5.74) is 6.89. The van der Waals surface area contributed by atoms with E-state index in [4.69, 9.17) is 0 Å². The lowest BCUT2D eigenvalue weighted by Gasteiger charge is -2.27. The zero-order valence-corrected chi connectivity index (χ0v) is 15.2. The molecular weight excluding hydrogens is 322 g/mol. The fourth-order valence-corrected chi connectivity index (χ4v) is 3.52. The predicted molar refractivity (Wildman–Crippen MR) is 107 cm³/mol. The molecule has 0 atom stereocenters. The van der Waals surface area contributed by atoms with Crippen molar-refractivity contribution in [1.82, 2.24) is 9.88 Å². The lowest BCUT2D eigenvalue weighted by molar-refractivity contribution is 0.217. The number of nitrogens with zero attached hydrogens (tertiary/aromatic N) is 1. The van der Waals surface area contributed by atoms with Crippen molar-refractivity contribution in [2.24, 2.45) is 0 Å². The summed E-state index contributed by atoms with van der Waals surface area (Å²) < 4.78 is 0. The van der Waals surface area contributed by atoms with Gasteiger partial charge in [0.15, 0.2) is 0 Å². The Kier molecular flexibility index (Phi) is 4.25. The van der Waals surface area contributed by atoms with Crippen LogP contribution in [-0.2, 0) is 0 Å². The Labute approximate surface area is 153 Å². The number of fused-ring (bicyclic) bond motifs is 1. The van der Waals surface area contributed by atoms with Crippen molar-refractivity contribution in [3.63, 3.8) is 0 Å². The van der Waals surface area contributed by atoms with Crippen molar-refractivity contribution >= 4 is 28.2 Å². The largest absolute Gasteiger partial charge is 0.361 e. The van der Waals surface area contributed by atoms with Crippen LogP contribution in [0.5, 0.6) is 0 Å². The molecule has 0 fully saturated rings.